The molecule has 0 bridgehead atoms. The number of carbonyl (C=O) groups excluding carboxylic acids is 2. The van der Waals surface area contributed by atoms with Crippen LogP contribution in [0.1, 0.15) is 42.4 Å². The zero-order valence-electron chi connectivity index (χ0n) is 20.4. The number of hydrogen-bond donors (Lipinski definition) is 3. The quantitative estimate of drug-likeness (QED) is 0.493. The molecule has 3 N–H and O–H groups in total. The lowest BCUT2D eigenvalue weighted by atomic mass is 9.88. The van der Waals surface area contributed by atoms with Crippen molar-refractivity contribution in [1.29, 1.82) is 0 Å². The van der Waals surface area contributed by atoms with E-state index in [2.05, 4.69) is 38.8 Å². The van der Waals surface area contributed by atoms with Crippen LogP contribution in [-0.4, -0.2) is 54.5 Å². The molecule has 3 aromatic rings. The van der Waals surface area contributed by atoms with Crippen molar-refractivity contribution in [2.75, 3.05) is 32.1 Å². The Bertz CT molecular complexity index is 1160. The third-order valence-corrected chi connectivity index (χ3v) is 6.99. The van der Waals surface area contributed by atoms with Crippen molar-refractivity contribution < 1.29 is 14.3 Å². The van der Waals surface area contributed by atoms with Crippen LogP contribution in [0.3, 0.4) is 0 Å². The number of anilines is 1. The molecule has 1 aromatic heterocycles. The lowest BCUT2D eigenvalue weighted by molar-refractivity contribution is -0.128. The molecule has 1 aliphatic heterocycles. The molecule has 0 radical (unpaired) electrons. The molecule has 4 rings (SSSR count). The van der Waals surface area contributed by atoms with E-state index in [1.54, 1.807) is 7.11 Å². The van der Waals surface area contributed by atoms with Crippen LogP contribution in [0.15, 0.2) is 42.6 Å². The van der Waals surface area contributed by atoms with Gasteiger partial charge in [0.25, 0.3) is 0 Å². The van der Waals surface area contributed by atoms with Gasteiger partial charge in [-0.15, -0.1) is 0 Å². The maximum absolute atomic E-state index is 12.7. The molecule has 34 heavy (non-hydrogen) atoms. The third kappa shape index (κ3) is 5.09. The smallest absolute Gasteiger partial charge is 0.243 e. The Balaban J connectivity index is 1.29. The molecule has 2 amide bonds. The minimum atomic E-state index is -0.281. The van der Waals surface area contributed by atoms with E-state index in [-0.39, 0.29) is 24.4 Å². The lowest BCUT2D eigenvalue weighted by Gasteiger charge is -2.35. The van der Waals surface area contributed by atoms with Crippen molar-refractivity contribution in [3.05, 3.63) is 59.3 Å². The molecule has 2 aromatic carbocycles. The summed E-state index contributed by atoms with van der Waals surface area (Å²) < 4.78 is 5.40. The summed E-state index contributed by atoms with van der Waals surface area (Å²) >= 11 is 0. The Kier molecular flexibility index (Phi) is 7.22. The number of amides is 2. The molecule has 2 heterocycles. The number of ether oxygens (including phenoxy) is 1. The third-order valence-electron chi connectivity index (χ3n) is 6.99. The van der Waals surface area contributed by atoms with Gasteiger partial charge in [0, 0.05) is 22.8 Å². The topological polar surface area (TPSA) is 86.5 Å². The van der Waals surface area contributed by atoms with Gasteiger partial charge in [-0.05, 0) is 87.5 Å². The zero-order valence-corrected chi connectivity index (χ0v) is 20.4. The van der Waals surface area contributed by atoms with Crippen LogP contribution in [0.2, 0.25) is 0 Å². The maximum Gasteiger partial charge on any atom is 0.243 e. The minimum absolute atomic E-state index is 0.0371. The van der Waals surface area contributed by atoms with Crippen molar-refractivity contribution in [3.8, 4) is 5.75 Å². The summed E-state index contributed by atoms with van der Waals surface area (Å²) in [6, 6.07) is 11.7. The first-order valence-electron chi connectivity index (χ1n) is 11.9. The first-order valence-corrected chi connectivity index (χ1v) is 11.9. The average molecular weight is 463 g/mol. The number of H-pyrrole nitrogens is 1. The maximum atomic E-state index is 12.7. The number of nitrogens with one attached hydrogen (secondary N) is 3. The predicted octanol–water partition coefficient (Wildman–Crippen LogP) is 4.12. The van der Waals surface area contributed by atoms with Crippen LogP contribution < -0.4 is 15.4 Å². The molecule has 0 spiro atoms. The molecule has 1 atom stereocenters. The number of aromatic amines is 1. The van der Waals surface area contributed by atoms with Gasteiger partial charge in [-0.25, -0.2) is 0 Å². The first kappa shape index (κ1) is 23.8. The van der Waals surface area contributed by atoms with Crippen molar-refractivity contribution in [3.63, 3.8) is 0 Å². The largest absolute Gasteiger partial charge is 0.497 e. The van der Waals surface area contributed by atoms with Crippen molar-refractivity contribution >= 4 is 28.4 Å². The van der Waals surface area contributed by atoms with E-state index in [0.717, 1.165) is 54.0 Å². The van der Waals surface area contributed by atoms with Crippen molar-refractivity contribution in [1.82, 2.24) is 15.2 Å². The summed E-state index contributed by atoms with van der Waals surface area (Å²) in [4.78, 5) is 30.7. The van der Waals surface area contributed by atoms with Crippen LogP contribution in [0, 0.1) is 13.8 Å². The second kappa shape index (κ2) is 10.3. The average Bonchev–Trinajstić information content (AvgIpc) is 3.27. The number of methoxy groups -OCH3 is 1. The Labute approximate surface area is 200 Å². The van der Waals surface area contributed by atoms with E-state index < -0.39 is 0 Å². The number of piperidine rings is 1. The number of likely N-dealkylation sites (tertiary alicyclic amines) is 1. The standard InChI is InChI=1S/C27H34N4O3/c1-17-6-5-7-18(2)26(17)30-25(32)16-29-27(33)19(3)31-12-10-20(11-13-31)23-15-28-24-9-8-21(34-4)14-22(23)24/h5-9,14-15,19-20,28H,10-13,16H2,1-4H3,(H,29,33)(H,30,32). The minimum Gasteiger partial charge on any atom is -0.497 e. The number of aryl methyl sites for hydroxylation is 2. The van der Waals surface area contributed by atoms with E-state index in [1.165, 1.54) is 10.9 Å². The van der Waals surface area contributed by atoms with E-state index in [0.29, 0.717) is 5.92 Å². The Morgan fingerprint density at radius 2 is 1.85 bits per heavy atom. The Hall–Kier alpha value is -3.32. The first-order chi connectivity index (χ1) is 16.4. The van der Waals surface area contributed by atoms with Crippen LogP contribution in [0.25, 0.3) is 10.9 Å². The second-order valence-corrected chi connectivity index (χ2v) is 9.17. The number of hydrogen-bond acceptors (Lipinski definition) is 4. The fourth-order valence-corrected chi connectivity index (χ4v) is 4.86. The molecular weight excluding hydrogens is 428 g/mol. The fraction of sp³-hybridized carbons (Fsp3) is 0.407. The molecule has 7 heteroatoms. The summed E-state index contributed by atoms with van der Waals surface area (Å²) in [5.74, 6) is 0.964. The molecular formula is C27H34N4O3. The van der Waals surface area contributed by atoms with E-state index >= 15 is 0 Å². The molecule has 1 saturated heterocycles. The predicted molar refractivity (Wildman–Crippen MR) is 135 cm³/mol. The van der Waals surface area contributed by atoms with Crippen molar-refractivity contribution in [2.24, 2.45) is 0 Å². The van der Waals surface area contributed by atoms with Gasteiger partial charge < -0.3 is 20.4 Å². The molecule has 180 valence electrons. The number of rotatable bonds is 7. The van der Waals surface area contributed by atoms with E-state index in [9.17, 15) is 9.59 Å². The van der Waals surface area contributed by atoms with Gasteiger partial charge in [0.1, 0.15) is 5.75 Å². The van der Waals surface area contributed by atoms with E-state index in [1.807, 2.05) is 45.0 Å². The van der Waals surface area contributed by atoms with Gasteiger partial charge >= 0.3 is 0 Å². The highest BCUT2D eigenvalue weighted by Crippen LogP contribution is 2.35. The van der Waals surface area contributed by atoms with Gasteiger partial charge in [0.15, 0.2) is 0 Å². The van der Waals surface area contributed by atoms with Crippen LogP contribution >= 0.6 is 0 Å². The molecule has 0 saturated carbocycles. The zero-order chi connectivity index (χ0) is 24.2. The highest BCUT2D eigenvalue weighted by molar-refractivity contribution is 5.96. The number of benzene rings is 2. The SMILES string of the molecule is COc1ccc2[nH]cc(C3CCN(C(C)C(=O)NCC(=O)Nc4c(C)cccc4C)CC3)c2c1. The molecule has 1 aliphatic rings. The van der Waals surface area contributed by atoms with E-state index in [4.69, 9.17) is 4.74 Å². The lowest BCUT2D eigenvalue weighted by Crippen LogP contribution is -2.49. The van der Waals surface area contributed by atoms with Crippen LogP contribution in [0.4, 0.5) is 5.69 Å². The highest BCUT2D eigenvalue weighted by Gasteiger charge is 2.28. The summed E-state index contributed by atoms with van der Waals surface area (Å²) in [5, 5.41) is 6.93. The number of fused-ring (bicyclic) bond motifs is 1. The van der Waals surface area contributed by atoms with Gasteiger partial charge in [-0.1, -0.05) is 18.2 Å². The van der Waals surface area contributed by atoms with Crippen LogP contribution in [-0.2, 0) is 9.59 Å². The number of carbonyl (C=O) groups is 2. The van der Waals surface area contributed by atoms with Gasteiger partial charge in [0.2, 0.25) is 11.8 Å². The number of nitrogens with zero attached hydrogens (tertiary/aromatic N) is 1. The Morgan fingerprint density at radius 1 is 1.15 bits per heavy atom. The number of aromatic nitrogens is 1. The summed E-state index contributed by atoms with van der Waals surface area (Å²) in [6.45, 7) is 7.47. The highest BCUT2D eigenvalue weighted by atomic mass is 16.5. The van der Waals surface area contributed by atoms with Gasteiger partial charge in [-0.2, -0.15) is 0 Å². The Morgan fingerprint density at radius 3 is 2.53 bits per heavy atom. The summed E-state index contributed by atoms with van der Waals surface area (Å²) in [6.07, 6.45) is 4.07. The summed E-state index contributed by atoms with van der Waals surface area (Å²) in [5.41, 5.74) is 5.25. The summed E-state index contributed by atoms with van der Waals surface area (Å²) in [7, 11) is 1.69. The fourth-order valence-electron chi connectivity index (χ4n) is 4.86. The van der Waals surface area contributed by atoms with Crippen LogP contribution in [0.5, 0.6) is 5.75 Å². The van der Waals surface area contributed by atoms with Gasteiger partial charge in [-0.3, -0.25) is 14.5 Å². The molecule has 1 fully saturated rings. The monoisotopic (exact) mass is 462 g/mol. The molecule has 7 nitrogen and oxygen atoms in total. The van der Waals surface area contributed by atoms with Crippen molar-refractivity contribution in [2.45, 2.75) is 45.6 Å². The molecule has 0 aliphatic carbocycles. The number of para-hydroxylation sites is 1. The second-order valence-electron chi connectivity index (χ2n) is 9.17. The normalized spacial score (nSPS) is 15.8. The molecule has 1 unspecified atom stereocenters. The van der Waals surface area contributed by atoms with Gasteiger partial charge in [0.05, 0.1) is 19.7 Å².